The van der Waals surface area contributed by atoms with Crippen LogP contribution in [0, 0.1) is 0 Å². The van der Waals surface area contributed by atoms with Crippen LogP contribution in [0.15, 0.2) is 22.7 Å². The molecule has 0 spiro atoms. The summed E-state index contributed by atoms with van der Waals surface area (Å²) in [5, 5.41) is 4.20. The molecule has 0 amide bonds. The van der Waals surface area contributed by atoms with Crippen LogP contribution in [0.3, 0.4) is 0 Å². The van der Waals surface area contributed by atoms with Crippen molar-refractivity contribution in [3.8, 4) is 0 Å². The van der Waals surface area contributed by atoms with Gasteiger partial charge in [0, 0.05) is 10.5 Å². The van der Waals surface area contributed by atoms with E-state index in [9.17, 15) is 0 Å². The molecule has 1 aromatic rings. The number of rotatable bonds is 4. The first-order valence-electron chi connectivity index (χ1n) is 4.87. The molecule has 3 heteroatoms. The van der Waals surface area contributed by atoms with E-state index in [-0.39, 0.29) is 0 Å². The van der Waals surface area contributed by atoms with Gasteiger partial charge >= 0.3 is 0 Å². The molecular weight excluding hydrogens is 261 g/mol. The summed E-state index contributed by atoms with van der Waals surface area (Å²) in [6.45, 7) is 5.28. The molecule has 1 nitrogen and oxygen atoms in total. The molecule has 0 bridgehead atoms. The fraction of sp³-hybridized carbons (Fsp3) is 0.455. The van der Waals surface area contributed by atoms with E-state index in [0.717, 1.165) is 22.5 Å². The van der Waals surface area contributed by atoms with E-state index in [2.05, 4.69) is 47.2 Å². The van der Waals surface area contributed by atoms with Gasteiger partial charge in [-0.05, 0) is 46.6 Å². The maximum Gasteiger partial charge on any atom is 0.0548 e. The lowest BCUT2D eigenvalue weighted by Gasteiger charge is -2.16. The first-order chi connectivity index (χ1) is 6.69. The summed E-state index contributed by atoms with van der Waals surface area (Å²) in [6, 6.07) is 6.51. The first-order valence-corrected chi connectivity index (χ1v) is 6.04. The Labute approximate surface area is 99.0 Å². The first kappa shape index (κ1) is 12.0. The third-order valence-electron chi connectivity index (χ3n) is 2.20. The van der Waals surface area contributed by atoms with Crippen LogP contribution in [0.2, 0.25) is 5.02 Å². The van der Waals surface area contributed by atoms with Gasteiger partial charge in [-0.15, -0.1) is 0 Å². The zero-order valence-corrected chi connectivity index (χ0v) is 10.8. The third-order valence-corrected chi connectivity index (χ3v) is 3.42. The van der Waals surface area contributed by atoms with Crippen molar-refractivity contribution < 1.29 is 0 Å². The summed E-state index contributed by atoms with van der Waals surface area (Å²) in [6.07, 6.45) is 1.09. The van der Waals surface area contributed by atoms with Crippen molar-refractivity contribution >= 4 is 27.5 Å². The van der Waals surface area contributed by atoms with E-state index < -0.39 is 0 Å². The molecule has 0 radical (unpaired) electrons. The summed E-state index contributed by atoms with van der Waals surface area (Å²) in [7, 11) is 0. The summed E-state index contributed by atoms with van der Waals surface area (Å²) in [4.78, 5) is 0. The lowest BCUT2D eigenvalue weighted by Crippen LogP contribution is -2.19. The standard InChI is InChI=1S/C11H15BrClN/c1-3-11(14-4-2)8-5-6-10(13)9(12)7-8/h5-7,11,14H,3-4H2,1-2H3. The van der Waals surface area contributed by atoms with Gasteiger partial charge in [0.2, 0.25) is 0 Å². The number of hydrogen-bond donors (Lipinski definition) is 1. The normalized spacial score (nSPS) is 12.9. The van der Waals surface area contributed by atoms with Crippen LogP contribution in [0.5, 0.6) is 0 Å². The van der Waals surface area contributed by atoms with Crippen molar-refractivity contribution in [2.45, 2.75) is 26.3 Å². The molecule has 0 saturated heterocycles. The van der Waals surface area contributed by atoms with Gasteiger partial charge in [0.1, 0.15) is 0 Å². The largest absolute Gasteiger partial charge is 0.310 e. The Morgan fingerprint density at radius 1 is 1.43 bits per heavy atom. The van der Waals surface area contributed by atoms with Crippen molar-refractivity contribution in [1.82, 2.24) is 5.32 Å². The molecule has 1 unspecified atom stereocenters. The van der Waals surface area contributed by atoms with Crippen LogP contribution in [-0.4, -0.2) is 6.54 Å². The summed E-state index contributed by atoms with van der Waals surface area (Å²) in [5.41, 5.74) is 1.28. The van der Waals surface area contributed by atoms with Gasteiger partial charge in [-0.2, -0.15) is 0 Å². The highest BCUT2D eigenvalue weighted by Crippen LogP contribution is 2.27. The van der Waals surface area contributed by atoms with Gasteiger partial charge in [-0.25, -0.2) is 0 Å². The van der Waals surface area contributed by atoms with Crippen LogP contribution >= 0.6 is 27.5 Å². The summed E-state index contributed by atoms with van der Waals surface area (Å²) in [5.74, 6) is 0. The van der Waals surface area contributed by atoms with Gasteiger partial charge in [0.05, 0.1) is 5.02 Å². The molecule has 0 fully saturated rings. The van der Waals surface area contributed by atoms with Crippen molar-refractivity contribution in [2.75, 3.05) is 6.54 Å². The Morgan fingerprint density at radius 3 is 2.64 bits per heavy atom. The number of hydrogen-bond acceptors (Lipinski definition) is 1. The van der Waals surface area contributed by atoms with Crippen LogP contribution in [0.25, 0.3) is 0 Å². The van der Waals surface area contributed by atoms with Gasteiger partial charge in [0.25, 0.3) is 0 Å². The molecule has 14 heavy (non-hydrogen) atoms. The topological polar surface area (TPSA) is 12.0 Å². The molecule has 0 saturated carbocycles. The van der Waals surface area contributed by atoms with E-state index >= 15 is 0 Å². The van der Waals surface area contributed by atoms with Crippen molar-refractivity contribution in [3.05, 3.63) is 33.3 Å². The zero-order chi connectivity index (χ0) is 10.6. The number of benzene rings is 1. The Hall–Kier alpha value is -0.0500. The van der Waals surface area contributed by atoms with Crippen LogP contribution in [0.4, 0.5) is 0 Å². The molecule has 0 aliphatic rings. The van der Waals surface area contributed by atoms with Gasteiger partial charge in [-0.1, -0.05) is 31.5 Å². The predicted molar refractivity (Wildman–Crippen MR) is 65.9 cm³/mol. The fourth-order valence-electron chi connectivity index (χ4n) is 1.47. The molecule has 0 aliphatic heterocycles. The molecule has 0 aliphatic carbocycles. The zero-order valence-electron chi connectivity index (χ0n) is 8.48. The summed E-state index contributed by atoms with van der Waals surface area (Å²) >= 11 is 9.37. The lowest BCUT2D eigenvalue weighted by molar-refractivity contribution is 0.537. The highest BCUT2D eigenvalue weighted by atomic mass is 79.9. The average Bonchev–Trinajstić information content (AvgIpc) is 2.19. The minimum Gasteiger partial charge on any atom is -0.310 e. The molecule has 1 rings (SSSR count). The van der Waals surface area contributed by atoms with E-state index in [1.54, 1.807) is 0 Å². The monoisotopic (exact) mass is 275 g/mol. The maximum atomic E-state index is 5.94. The number of nitrogens with one attached hydrogen (secondary N) is 1. The Morgan fingerprint density at radius 2 is 2.14 bits per heavy atom. The SMILES string of the molecule is CCNC(CC)c1ccc(Cl)c(Br)c1. The van der Waals surface area contributed by atoms with E-state index in [1.807, 2.05) is 6.07 Å². The van der Waals surface area contributed by atoms with E-state index in [4.69, 9.17) is 11.6 Å². The smallest absolute Gasteiger partial charge is 0.0548 e. The second-order valence-electron chi connectivity index (χ2n) is 3.19. The molecular formula is C11H15BrClN. The summed E-state index contributed by atoms with van der Waals surface area (Å²) < 4.78 is 0.966. The average molecular weight is 277 g/mol. The lowest BCUT2D eigenvalue weighted by atomic mass is 10.0. The minimum atomic E-state index is 0.425. The minimum absolute atomic E-state index is 0.425. The van der Waals surface area contributed by atoms with Gasteiger partial charge in [0.15, 0.2) is 0 Å². The molecule has 1 aromatic carbocycles. The quantitative estimate of drug-likeness (QED) is 0.870. The second-order valence-corrected chi connectivity index (χ2v) is 4.45. The Kier molecular flexibility index (Phi) is 4.93. The van der Waals surface area contributed by atoms with Crippen LogP contribution in [0.1, 0.15) is 31.9 Å². The van der Waals surface area contributed by atoms with Crippen LogP contribution in [-0.2, 0) is 0 Å². The van der Waals surface area contributed by atoms with E-state index in [0.29, 0.717) is 6.04 Å². The van der Waals surface area contributed by atoms with Crippen molar-refractivity contribution in [3.63, 3.8) is 0 Å². The highest BCUT2D eigenvalue weighted by Gasteiger charge is 2.08. The highest BCUT2D eigenvalue weighted by molar-refractivity contribution is 9.10. The molecule has 0 aromatic heterocycles. The second kappa shape index (κ2) is 5.74. The molecule has 78 valence electrons. The fourth-order valence-corrected chi connectivity index (χ4v) is 1.99. The van der Waals surface area contributed by atoms with Crippen LogP contribution < -0.4 is 5.32 Å². The maximum absolute atomic E-state index is 5.94. The number of halogens is 2. The molecule has 1 N–H and O–H groups in total. The van der Waals surface area contributed by atoms with E-state index in [1.165, 1.54) is 5.56 Å². The molecule has 1 atom stereocenters. The van der Waals surface area contributed by atoms with Gasteiger partial charge in [-0.3, -0.25) is 0 Å². The Bertz CT molecular complexity index is 301. The van der Waals surface area contributed by atoms with Crippen molar-refractivity contribution in [1.29, 1.82) is 0 Å². The predicted octanol–water partition coefficient (Wildman–Crippen LogP) is 4.16. The van der Waals surface area contributed by atoms with Crippen molar-refractivity contribution in [2.24, 2.45) is 0 Å². The van der Waals surface area contributed by atoms with Gasteiger partial charge < -0.3 is 5.32 Å². The molecule has 0 heterocycles. The third kappa shape index (κ3) is 2.97. The Balaban J connectivity index is 2.88.